The number of carbonyl (C=O) groups is 2. The van der Waals surface area contributed by atoms with E-state index < -0.39 is 34.3 Å². The average Bonchev–Trinajstić information content (AvgIpc) is 2.75. The molecule has 0 radical (unpaired) electrons. The molecule has 186 valence electrons. The number of nitrogens with zero attached hydrogens (tertiary/aromatic N) is 2. The Labute approximate surface area is 205 Å². The Balaban J connectivity index is 2.40. The van der Waals surface area contributed by atoms with E-state index in [2.05, 4.69) is 5.32 Å². The van der Waals surface area contributed by atoms with Crippen LogP contribution in [0.3, 0.4) is 0 Å². The summed E-state index contributed by atoms with van der Waals surface area (Å²) in [6.45, 7) is 7.09. The lowest BCUT2D eigenvalue weighted by molar-refractivity contribution is -0.139. The monoisotopic (exact) mass is 511 g/mol. The Morgan fingerprint density at radius 1 is 1.09 bits per heavy atom. The van der Waals surface area contributed by atoms with Crippen LogP contribution in [0, 0.1) is 18.7 Å². The van der Waals surface area contributed by atoms with Gasteiger partial charge in [-0.15, -0.1) is 0 Å². The molecule has 2 aromatic rings. The van der Waals surface area contributed by atoms with E-state index in [1.165, 1.54) is 35.2 Å². The van der Waals surface area contributed by atoms with E-state index in [1.54, 1.807) is 26.0 Å². The number of benzene rings is 2. The summed E-state index contributed by atoms with van der Waals surface area (Å²) in [4.78, 5) is 27.5. The molecule has 10 heteroatoms. The topological polar surface area (TPSA) is 86.8 Å². The van der Waals surface area contributed by atoms with Gasteiger partial charge in [0.05, 0.1) is 11.9 Å². The van der Waals surface area contributed by atoms with E-state index in [4.69, 9.17) is 11.6 Å². The van der Waals surface area contributed by atoms with E-state index >= 15 is 0 Å². The number of anilines is 1. The van der Waals surface area contributed by atoms with Gasteiger partial charge in [-0.3, -0.25) is 13.9 Å². The maximum Gasteiger partial charge on any atom is 0.244 e. The normalized spacial score (nSPS) is 12.4. The number of carbonyl (C=O) groups excluding carboxylic acids is 2. The number of sulfonamides is 1. The minimum atomic E-state index is -3.85. The molecule has 0 bridgehead atoms. The first-order valence-corrected chi connectivity index (χ1v) is 13.1. The number of rotatable bonds is 10. The fourth-order valence-corrected chi connectivity index (χ4v) is 4.33. The second-order valence-corrected chi connectivity index (χ2v) is 11.0. The summed E-state index contributed by atoms with van der Waals surface area (Å²) in [5.41, 5.74) is 1.50. The third-order valence-corrected chi connectivity index (χ3v) is 6.60. The third-order valence-electron chi connectivity index (χ3n) is 5.24. The average molecular weight is 512 g/mol. The molecule has 2 amide bonds. The molecule has 0 saturated carbocycles. The van der Waals surface area contributed by atoms with E-state index in [-0.39, 0.29) is 24.1 Å². The Hall–Kier alpha value is -2.65. The number of aryl methyl sites for hydroxylation is 1. The van der Waals surface area contributed by atoms with Crippen LogP contribution in [0.15, 0.2) is 42.5 Å². The molecular weight excluding hydrogens is 481 g/mol. The van der Waals surface area contributed by atoms with Crippen LogP contribution in [0.25, 0.3) is 0 Å². The van der Waals surface area contributed by atoms with Crippen LogP contribution in [0.4, 0.5) is 10.1 Å². The summed E-state index contributed by atoms with van der Waals surface area (Å²) in [7, 11) is -3.85. The van der Waals surface area contributed by atoms with E-state index in [1.807, 2.05) is 13.8 Å². The molecule has 1 N–H and O–H groups in total. The van der Waals surface area contributed by atoms with Gasteiger partial charge in [0.2, 0.25) is 21.8 Å². The summed E-state index contributed by atoms with van der Waals surface area (Å²) >= 11 is 6.08. The van der Waals surface area contributed by atoms with Gasteiger partial charge in [-0.25, -0.2) is 12.8 Å². The molecule has 1 unspecified atom stereocenters. The molecule has 2 rings (SSSR count). The fraction of sp³-hybridized carbons (Fsp3) is 0.417. The molecule has 0 aliphatic heterocycles. The van der Waals surface area contributed by atoms with Crippen LogP contribution in [0.5, 0.6) is 0 Å². The quantitative estimate of drug-likeness (QED) is 0.526. The van der Waals surface area contributed by atoms with Crippen LogP contribution in [0.1, 0.15) is 31.9 Å². The van der Waals surface area contributed by atoms with E-state index in [0.717, 1.165) is 10.6 Å². The number of amides is 2. The van der Waals surface area contributed by atoms with Crippen molar-refractivity contribution >= 4 is 39.1 Å². The largest absolute Gasteiger partial charge is 0.354 e. The maximum absolute atomic E-state index is 13.5. The molecule has 0 spiro atoms. The van der Waals surface area contributed by atoms with Gasteiger partial charge in [0.1, 0.15) is 18.4 Å². The smallest absolute Gasteiger partial charge is 0.244 e. The Morgan fingerprint density at radius 3 is 2.26 bits per heavy atom. The highest BCUT2D eigenvalue weighted by Gasteiger charge is 2.30. The molecule has 0 fully saturated rings. The first kappa shape index (κ1) is 27.6. The van der Waals surface area contributed by atoms with Gasteiger partial charge in [0.25, 0.3) is 0 Å². The first-order valence-electron chi connectivity index (χ1n) is 10.8. The van der Waals surface area contributed by atoms with Crippen molar-refractivity contribution in [2.75, 3.05) is 23.7 Å². The lowest BCUT2D eigenvalue weighted by Gasteiger charge is -2.32. The predicted octanol–water partition coefficient (Wildman–Crippen LogP) is 3.74. The first-order chi connectivity index (χ1) is 15.8. The van der Waals surface area contributed by atoms with Crippen LogP contribution in [-0.2, 0) is 26.2 Å². The lowest BCUT2D eigenvalue weighted by atomic mass is 10.1. The number of nitrogens with one attached hydrogen (secondary N) is 1. The molecular formula is C24H31ClFN3O4S. The van der Waals surface area contributed by atoms with Crippen molar-refractivity contribution in [2.24, 2.45) is 5.92 Å². The van der Waals surface area contributed by atoms with Crippen molar-refractivity contribution in [3.8, 4) is 0 Å². The summed E-state index contributed by atoms with van der Waals surface area (Å²) in [6, 6.07) is 9.45. The van der Waals surface area contributed by atoms with Gasteiger partial charge in [0, 0.05) is 18.1 Å². The highest BCUT2D eigenvalue weighted by molar-refractivity contribution is 7.92. The van der Waals surface area contributed by atoms with Crippen LogP contribution in [-0.4, -0.2) is 50.5 Å². The third kappa shape index (κ3) is 7.70. The highest BCUT2D eigenvalue weighted by Crippen LogP contribution is 2.26. The number of hydrogen-bond donors (Lipinski definition) is 1. The molecule has 0 aliphatic rings. The Morgan fingerprint density at radius 2 is 1.71 bits per heavy atom. The van der Waals surface area contributed by atoms with Crippen molar-refractivity contribution in [3.63, 3.8) is 0 Å². The molecule has 0 saturated heterocycles. The second-order valence-electron chi connectivity index (χ2n) is 8.66. The van der Waals surface area contributed by atoms with Crippen LogP contribution < -0.4 is 9.62 Å². The summed E-state index contributed by atoms with van der Waals surface area (Å²) in [6.07, 6.45) is 1.00. The van der Waals surface area contributed by atoms with Gasteiger partial charge < -0.3 is 10.2 Å². The van der Waals surface area contributed by atoms with E-state index in [0.29, 0.717) is 22.7 Å². The highest BCUT2D eigenvalue weighted by atomic mass is 35.5. The van der Waals surface area contributed by atoms with E-state index in [9.17, 15) is 22.4 Å². The van der Waals surface area contributed by atoms with Gasteiger partial charge in [-0.05, 0) is 55.2 Å². The minimum Gasteiger partial charge on any atom is -0.354 e. The minimum absolute atomic E-state index is 0.00150. The number of hydrogen-bond acceptors (Lipinski definition) is 4. The van der Waals surface area contributed by atoms with Gasteiger partial charge >= 0.3 is 0 Å². The Bertz CT molecular complexity index is 1120. The SMILES string of the molecule is Cc1ccc(Cl)cc1N(CC(=O)N(Cc1ccc(F)cc1)C(C)C(=O)NCC(C)C)S(C)(=O)=O. The summed E-state index contributed by atoms with van der Waals surface area (Å²) < 4.78 is 39.6. The molecule has 7 nitrogen and oxygen atoms in total. The van der Waals surface area contributed by atoms with Crippen molar-refractivity contribution in [1.29, 1.82) is 0 Å². The standard InChI is InChI=1S/C24H31ClFN3O4S/c1-16(2)13-27-24(31)18(4)28(14-19-7-10-21(26)11-8-19)23(30)15-29(34(5,32)33)22-12-20(25)9-6-17(22)3/h6-12,16,18H,13-15H2,1-5H3,(H,27,31). The van der Waals surface area contributed by atoms with Crippen molar-refractivity contribution in [1.82, 2.24) is 10.2 Å². The number of halogens is 2. The predicted molar refractivity (Wildman–Crippen MR) is 133 cm³/mol. The Kier molecular flexibility index (Phi) is 9.46. The van der Waals surface area contributed by atoms with Crippen molar-refractivity contribution < 1.29 is 22.4 Å². The fourth-order valence-electron chi connectivity index (χ4n) is 3.27. The molecule has 0 aliphatic carbocycles. The molecule has 0 heterocycles. The molecule has 2 aromatic carbocycles. The van der Waals surface area contributed by atoms with Crippen molar-refractivity contribution in [3.05, 3.63) is 64.4 Å². The van der Waals surface area contributed by atoms with Gasteiger partial charge in [-0.1, -0.05) is 43.6 Å². The summed E-state index contributed by atoms with van der Waals surface area (Å²) in [5, 5.41) is 3.13. The van der Waals surface area contributed by atoms with Gasteiger partial charge in [-0.2, -0.15) is 0 Å². The zero-order valence-electron chi connectivity index (χ0n) is 20.0. The van der Waals surface area contributed by atoms with Crippen molar-refractivity contribution in [2.45, 2.75) is 40.3 Å². The zero-order valence-corrected chi connectivity index (χ0v) is 21.6. The van der Waals surface area contributed by atoms with Crippen LogP contribution in [0.2, 0.25) is 5.02 Å². The molecule has 0 aromatic heterocycles. The van der Waals surface area contributed by atoms with Crippen LogP contribution >= 0.6 is 11.6 Å². The lowest BCUT2D eigenvalue weighted by Crippen LogP contribution is -2.51. The summed E-state index contributed by atoms with van der Waals surface area (Å²) in [5.74, 6) is -1.16. The second kappa shape index (κ2) is 11.7. The molecule has 1 atom stereocenters. The van der Waals surface area contributed by atoms with Gasteiger partial charge in [0.15, 0.2) is 0 Å². The zero-order chi connectivity index (χ0) is 25.6. The maximum atomic E-state index is 13.5. The molecule has 34 heavy (non-hydrogen) atoms.